The van der Waals surface area contributed by atoms with Crippen molar-refractivity contribution in [3.63, 3.8) is 0 Å². The molecule has 0 bridgehead atoms. The Balaban J connectivity index is 1.02. The van der Waals surface area contributed by atoms with E-state index in [1.807, 2.05) is 0 Å². The molecule has 10 rings (SSSR count). The lowest BCUT2D eigenvalue weighted by Crippen LogP contribution is -2.18. The molecule has 6 nitrogen and oxygen atoms in total. The maximum absolute atomic E-state index is 5.05. The number of aromatic amines is 2. The Hall–Kier alpha value is -3.74. The van der Waals surface area contributed by atoms with Gasteiger partial charge in [0.15, 0.2) is 0 Å². The van der Waals surface area contributed by atoms with Crippen molar-refractivity contribution in [1.29, 1.82) is 0 Å². The van der Waals surface area contributed by atoms with Crippen LogP contribution in [0.2, 0.25) is 0 Å². The molecule has 4 aliphatic rings. The molecule has 0 spiro atoms. The SMILES string of the molecule is c1cc2c(ccc3[nH]c([C@@H]4CC5CC5N4)nc32)cc1-c1ccc2c(ccc3[nH]c([C@@H]4C[C@H]5C[C@H]5N4)nc32)c1. The molecule has 2 saturated carbocycles. The third-order valence-electron chi connectivity index (χ3n) is 9.72. The molecular weight excluding hydrogens is 468 g/mol. The van der Waals surface area contributed by atoms with Crippen molar-refractivity contribution in [2.45, 2.75) is 49.9 Å². The van der Waals surface area contributed by atoms with Crippen molar-refractivity contribution >= 4 is 43.6 Å². The Bertz CT molecular complexity index is 1790. The van der Waals surface area contributed by atoms with Crippen molar-refractivity contribution in [3.8, 4) is 11.1 Å². The maximum Gasteiger partial charge on any atom is 0.124 e. The van der Waals surface area contributed by atoms with Gasteiger partial charge in [0, 0.05) is 22.9 Å². The standard InChI is InChI=1S/C32H28N6/c1-5-21-17(3-7-23-29(21)37-31(35-23)27-13-19-11-25(19)33-27)9-15(1)16-2-6-22-18(10-16)4-8-24-30(22)38-32(36-24)28-14-20-12-26(20)34-28/h1-10,19-20,25-28,33-34H,11-14H2,(H,35,37)(H,36,38)/t19-,20?,25-,26?,27+,28+/m1/s1. The molecule has 2 unspecified atom stereocenters. The predicted octanol–water partition coefficient (Wildman–Crippen LogP) is 6.26. The molecule has 2 aliphatic carbocycles. The summed E-state index contributed by atoms with van der Waals surface area (Å²) in [5.74, 6) is 3.89. The lowest BCUT2D eigenvalue weighted by Gasteiger charge is -2.08. The quantitative estimate of drug-likeness (QED) is 0.233. The zero-order valence-electron chi connectivity index (χ0n) is 21.0. The average Bonchev–Trinajstić information content (AvgIpc) is 3.54. The van der Waals surface area contributed by atoms with Crippen molar-refractivity contribution in [2.75, 3.05) is 0 Å². The molecule has 38 heavy (non-hydrogen) atoms. The molecule has 2 aromatic heterocycles. The molecule has 6 heteroatoms. The fourth-order valence-electron chi connectivity index (χ4n) is 7.40. The number of hydrogen-bond acceptors (Lipinski definition) is 4. The van der Waals surface area contributed by atoms with Gasteiger partial charge in [-0.2, -0.15) is 0 Å². The number of imidazole rings is 2. The van der Waals surface area contributed by atoms with Gasteiger partial charge in [-0.3, -0.25) is 0 Å². The van der Waals surface area contributed by atoms with Gasteiger partial charge in [0.05, 0.1) is 34.2 Å². The highest BCUT2D eigenvalue weighted by atomic mass is 15.1. The Morgan fingerprint density at radius 3 is 1.50 bits per heavy atom. The smallest absolute Gasteiger partial charge is 0.124 e. The summed E-state index contributed by atoms with van der Waals surface area (Å²) in [5, 5.41) is 12.3. The zero-order valence-corrected chi connectivity index (χ0v) is 21.0. The van der Waals surface area contributed by atoms with Crippen molar-refractivity contribution in [3.05, 3.63) is 72.3 Å². The molecule has 186 valence electrons. The van der Waals surface area contributed by atoms with E-state index in [0.29, 0.717) is 12.1 Å². The fourth-order valence-corrected chi connectivity index (χ4v) is 7.40. The highest BCUT2D eigenvalue weighted by Gasteiger charge is 2.47. The number of H-pyrrole nitrogens is 2. The second-order valence-corrected chi connectivity index (χ2v) is 12.2. The van der Waals surface area contributed by atoms with Gasteiger partial charge in [-0.25, -0.2) is 9.97 Å². The molecule has 4 N–H and O–H groups in total. The minimum Gasteiger partial charge on any atom is -0.341 e. The Morgan fingerprint density at radius 2 is 1.05 bits per heavy atom. The van der Waals surface area contributed by atoms with Gasteiger partial charge in [0.1, 0.15) is 11.6 Å². The highest BCUT2D eigenvalue weighted by Crippen LogP contribution is 2.47. The molecular formula is C32H28N6. The van der Waals surface area contributed by atoms with Crippen molar-refractivity contribution in [2.24, 2.45) is 11.8 Å². The summed E-state index contributed by atoms with van der Waals surface area (Å²) in [6.45, 7) is 0. The fraction of sp³-hybridized carbons (Fsp3) is 0.312. The van der Waals surface area contributed by atoms with Crippen LogP contribution in [0.4, 0.5) is 0 Å². The van der Waals surface area contributed by atoms with Crippen LogP contribution in [-0.2, 0) is 0 Å². The number of aromatic nitrogens is 4. The van der Waals surface area contributed by atoms with Crippen LogP contribution in [0.25, 0.3) is 54.7 Å². The summed E-state index contributed by atoms with van der Waals surface area (Å²) in [4.78, 5) is 17.3. The minimum absolute atomic E-state index is 0.371. The highest BCUT2D eigenvalue weighted by molar-refractivity contribution is 6.07. The molecule has 6 aromatic rings. The lowest BCUT2D eigenvalue weighted by molar-refractivity contribution is 0.544. The Morgan fingerprint density at radius 1 is 0.553 bits per heavy atom. The first kappa shape index (κ1) is 20.3. The third kappa shape index (κ3) is 2.90. The van der Waals surface area contributed by atoms with Crippen LogP contribution in [0.3, 0.4) is 0 Å². The number of hydrogen-bond donors (Lipinski definition) is 4. The summed E-state index contributed by atoms with van der Waals surface area (Å²) in [7, 11) is 0. The molecule has 2 saturated heterocycles. The summed E-state index contributed by atoms with van der Waals surface area (Å²) in [5.41, 5.74) is 6.86. The molecule has 2 aliphatic heterocycles. The van der Waals surface area contributed by atoms with Gasteiger partial charge >= 0.3 is 0 Å². The first-order valence-corrected chi connectivity index (χ1v) is 14.1. The van der Waals surface area contributed by atoms with E-state index >= 15 is 0 Å². The van der Waals surface area contributed by atoms with Gasteiger partial charge in [-0.05, 0) is 83.7 Å². The summed E-state index contributed by atoms with van der Waals surface area (Å²) in [6, 6.07) is 24.5. The van der Waals surface area contributed by atoms with Crippen LogP contribution in [0.15, 0.2) is 60.7 Å². The van der Waals surface area contributed by atoms with Gasteiger partial charge in [0.25, 0.3) is 0 Å². The van der Waals surface area contributed by atoms with E-state index < -0.39 is 0 Å². The van der Waals surface area contributed by atoms with Gasteiger partial charge in [-0.1, -0.05) is 36.4 Å². The van der Waals surface area contributed by atoms with Crippen LogP contribution in [0.1, 0.15) is 49.4 Å². The Kier molecular flexibility index (Phi) is 3.74. The first-order chi connectivity index (χ1) is 18.7. The van der Waals surface area contributed by atoms with Crippen LogP contribution >= 0.6 is 0 Å². The summed E-state index contributed by atoms with van der Waals surface area (Å²) in [6.07, 6.45) is 5.09. The average molecular weight is 497 g/mol. The number of piperidine rings is 2. The largest absolute Gasteiger partial charge is 0.341 e. The maximum atomic E-state index is 5.05. The number of fused-ring (bicyclic) bond motifs is 8. The minimum atomic E-state index is 0.371. The van der Waals surface area contributed by atoms with E-state index in [9.17, 15) is 0 Å². The van der Waals surface area contributed by atoms with E-state index in [0.717, 1.165) is 57.6 Å². The predicted molar refractivity (Wildman–Crippen MR) is 151 cm³/mol. The number of rotatable bonds is 3. The normalized spacial score (nSPS) is 29.5. The van der Waals surface area contributed by atoms with E-state index in [1.54, 1.807) is 0 Å². The van der Waals surface area contributed by atoms with E-state index in [-0.39, 0.29) is 0 Å². The summed E-state index contributed by atoms with van der Waals surface area (Å²) >= 11 is 0. The van der Waals surface area contributed by atoms with Crippen molar-refractivity contribution in [1.82, 2.24) is 30.6 Å². The van der Waals surface area contributed by atoms with E-state index in [2.05, 4.69) is 81.3 Å². The lowest BCUT2D eigenvalue weighted by atomic mass is 9.98. The first-order valence-electron chi connectivity index (χ1n) is 14.1. The molecule has 0 radical (unpaired) electrons. The number of nitrogens with zero attached hydrogens (tertiary/aromatic N) is 2. The van der Waals surface area contributed by atoms with Crippen molar-refractivity contribution < 1.29 is 0 Å². The summed E-state index contributed by atoms with van der Waals surface area (Å²) < 4.78 is 0. The van der Waals surface area contributed by atoms with E-state index in [4.69, 9.17) is 9.97 Å². The van der Waals surface area contributed by atoms with Crippen LogP contribution in [0.5, 0.6) is 0 Å². The molecule has 4 aromatic carbocycles. The second kappa shape index (κ2) is 7.01. The molecule has 0 amide bonds. The molecule has 6 atom stereocenters. The van der Waals surface area contributed by atoms with Gasteiger partial charge in [0.2, 0.25) is 0 Å². The molecule has 4 heterocycles. The monoisotopic (exact) mass is 496 g/mol. The van der Waals surface area contributed by atoms with Crippen LogP contribution < -0.4 is 10.6 Å². The van der Waals surface area contributed by atoms with Gasteiger partial charge < -0.3 is 20.6 Å². The van der Waals surface area contributed by atoms with E-state index in [1.165, 1.54) is 58.4 Å². The van der Waals surface area contributed by atoms with Crippen LogP contribution in [0, 0.1) is 11.8 Å². The number of benzene rings is 4. The third-order valence-corrected chi connectivity index (χ3v) is 9.72. The van der Waals surface area contributed by atoms with Gasteiger partial charge in [-0.15, -0.1) is 0 Å². The van der Waals surface area contributed by atoms with Crippen LogP contribution in [-0.4, -0.2) is 32.0 Å². The topological polar surface area (TPSA) is 81.4 Å². The Labute approximate surface area is 219 Å². The zero-order chi connectivity index (χ0) is 24.5. The second-order valence-electron chi connectivity index (χ2n) is 12.2. The molecule has 4 fully saturated rings. The number of nitrogens with one attached hydrogen (secondary N) is 4.